The summed E-state index contributed by atoms with van der Waals surface area (Å²) in [5, 5.41) is 25.5. The summed E-state index contributed by atoms with van der Waals surface area (Å²) in [6.07, 6.45) is 1.48. The summed E-state index contributed by atoms with van der Waals surface area (Å²) in [5.74, 6) is 1.35. The molecule has 2 heterocycles. The average Bonchev–Trinajstić information content (AvgIpc) is 3.25. The lowest BCUT2D eigenvalue weighted by Crippen LogP contribution is -2.40. The van der Waals surface area contributed by atoms with Crippen molar-refractivity contribution in [3.05, 3.63) is 53.1 Å². The van der Waals surface area contributed by atoms with Crippen LogP contribution in [0.3, 0.4) is 0 Å². The second kappa shape index (κ2) is 12.5. The number of carbonyl (C=O) groups excluding carboxylic acids is 1. The van der Waals surface area contributed by atoms with Gasteiger partial charge in [0.2, 0.25) is 11.7 Å². The number of nitrogens with one attached hydrogen (secondary N) is 1. The molecule has 0 atom stereocenters. The Labute approximate surface area is 216 Å². The van der Waals surface area contributed by atoms with Crippen LogP contribution >= 0.6 is 12.4 Å². The highest BCUT2D eigenvalue weighted by molar-refractivity contribution is 5.85. The number of nitriles is 1. The van der Waals surface area contributed by atoms with Crippen LogP contribution in [0.4, 0.5) is 0 Å². The first-order valence-corrected chi connectivity index (χ1v) is 11.7. The molecule has 1 aromatic heterocycles. The van der Waals surface area contributed by atoms with Crippen molar-refractivity contribution >= 4 is 18.3 Å². The molecule has 0 aliphatic carbocycles. The van der Waals surface area contributed by atoms with Crippen LogP contribution in [0.25, 0.3) is 22.8 Å². The third kappa shape index (κ3) is 6.40. The third-order valence-electron chi connectivity index (χ3n) is 5.82. The fraction of sp³-hybridized carbons (Fsp3) is 0.385. The van der Waals surface area contributed by atoms with Crippen LogP contribution in [0.2, 0.25) is 0 Å². The smallest absolute Gasteiger partial charge is 0.258 e. The van der Waals surface area contributed by atoms with Crippen molar-refractivity contribution in [3.63, 3.8) is 0 Å². The zero-order valence-electron chi connectivity index (χ0n) is 20.4. The Morgan fingerprint density at radius 1 is 1.19 bits per heavy atom. The number of hydrogen-bond donors (Lipinski definition) is 2. The molecule has 190 valence electrons. The average molecular weight is 512 g/mol. The van der Waals surface area contributed by atoms with E-state index in [0.29, 0.717) is 48.2 Å². The number of hydrogen-bond acceptors (Lipinski definition) is 8. The predicted molar refractivity (Wildman–Crippen MR) is 137 cm³/mol. The molecule has 0 unspecified atom stereocenters. The Hall–Kier alpha value is -3.45. The molecule has 2 N–H and O–H groups in total. The maximum absolute atomic E-state index is 12.4. The summed E-state index contributed by atoms with van der Waals surface area (Å²) in [6, 6.07) is 13.5. The Morgan fingerprint density at radius 2 is 1.94 bits per heavy atom. The van der Waals surface area contributed by atoms with Crippen LogP contribution in [0.1, 0.15) is 30.5 Å². The summed E-state index contributed by atoms with van der Waals surface area (Å²) in [6.45, 7) is 5.76. The molecular formula is C26H30ClN5O4. The van der Waals surface area contributed by atoms with Crippen LogP contribution in [-0.4, -0.2) is 64.9 Å². The largest absolute Gasteiger partial charge is 0.490 e. The SMILES string of the molecule is CC(C)Oc1ccc(-c2nc(-c3ccc4c(c3)CCN(C(=O)CNCCO)CC4)no2)cc1C#N.Cl. The molecule has 9 nitrogen and oxygen atoms in total. The van der Waals surface area contributed by atoms with Gasteiger partial charge in [0.15, 0.2) is 0 Å². The van der Waals surface area contributed by atoms with Gasteiger partial charge in [0.25, 0.3) is 5.89 Å². The minimum atomic E-state index is -0.0377. The van der Waals surface area contributed by atoms with Crippen LogP contribution in [0.15, 0.2) is 40.9 Å². The number of amides is 1. The fourth-order valence-corrected chi connectivity index (χ4v) is 4.06. The van der Waals surface area contributed by atoms with Gasteiger partial charge in [-0.3, -0.25) is 4.79 Å². The summed E-state index contributed by atoms with van der Waals surface area (Å²) < 4.78 is 11.2. The number of aliphatic hydroxyl groups excluding tert-OH is 1. The lowest BCUT2D eigenvalue weighted by molar-refractivity contribution is -0.130. The zero-order valence-corrected chi connectivity index (χ0v) is 21.2. The number of rotatable bonds is 8. The van der Waals surface area contributed by atoms with Crippen molar-refractivity contribution in [2.45, 2.75) is 32.8 Å². The summed E-state index contributed by atoms with van der Waals surface area (Å²) in [7, 11) is 0. The second-order valence-electron chi connectivity index (χ2n) is 8.68. The first-order chi connectivity index (χ1) is 17.0. The van der Waals surface area contributed by atoms with Gasteiger partial charge in [0, 0.05) is 30.8 Å². The number of benzene rings is 2. The molecule has 0 saturated carbocycles. The molecule has 0 radical (unpaired) electrons. The first kappa shape index (κ1) is 27.1. The van der Waals surface area contributed by atoms with Gasteiger partial charge in [0.1, 0.15) is 11.8 Å². The Balaban J connectivity index is 0.00000361. The number of carbonyl (C=O) groups is 1. The van der Waals surface area contributed by atoms with E-state index >= 15 is 0 Å². The third-order valence-corrected chi connectivity index (χ3v) is 5.82. The molecule has 4 rings (SSSR count). The lowest BCUT2D eigenvalue weighted by Gasteiger charge is -2.20. The zero-order chi connectivity index (χ0) is 24.8. The predicted octanol–water partition coefficient (Wildman–Crippen LogP) is 2.99. The summed E-state index contributed by atoms with van der Waals surface area (Å²) >= 11 is 0. The van der Waals surface area contributed by atoms with Crippen molar-refractivity contribution in [1.29, 1.82) is 5.26 Å². The van der Waals surface area contributed by atoms with Crippen LogP contribution in [0.5, 0.6) is 5.75 Å². The van der Waals surface area contributed by atoms with Crippen molar-refractivity contribution < 1.29 is 19.2 Å². The van der Waals surface area contributed by atoms with Crippen molar-refractivity contribution in [2.24, 2.45) is 0 Å². The highest BCUT2D eigenvalue weighted by atomic mass is 35.5. The van der Waals surface area contributed by atoms with Crippen LogP contribution in [-0.2, 0) is 17.6 Å². The van der Waals surface area contributed by atoms with Crippen LogP contribution in [0, 0.1) is 11.3 Å². The number of nitrogens with zero attached hydrogens (tertiary/aromatic N) is 4. The first-order valence-electron chi connectivity index (χ1n) is 11.7. The van der Waals surface area contributed by atoms with E-state index in [4.69, 9.17) is 14.4 Å². The van der Waals surface area contributed by atoms with Gasteiger partial charge in [-0.05, 0) is 62.1 Å². The van der Waals surface area contributed by atoms with Gasteiger partial charge < -0.3 is 24.6 Å². The number of aliphatic hydroxyl groups is 1. The van der Waals surface area contributed by atoms with E-state index in [2.05, 4.69) is 33.7 Å². The molecule has 0 saturated heterocycles. The maximum Gasteiger partial charge on any atom is 0.258 e. The quantitative estimate of drug-likeness (QED) is 0.442. The molecular weight excluding hydrogens is 482 g/mol. The number of aromatic nitrogens is 2. The molecule has 0 fully saturated rings. The van der Waals surface area contributed by atoms with Gasteiger partial charge in [0.05, 0.1) is 24.8 Å². The standard InChI is InChI=1S/C26H29N5O4.ClH/c1-17(2)34-23-6-5-21(14-22(23)15-27)26-29-25(30-35-26)20-4-3-18-7-10-31(11-8-19(18)13-20)24(33)16-28-9-12-32;/h3-6,13-14,17,28,32H,7-12,16H2,1-2H3;1H. The molecule has 36 heavy (non-hydrogen) atoms. The van der Waals surface area contributed by atoms with Crippen LogP contribution < -0.4 is 10.1 Å². The summed E-state index contributed by atoms with van der Waals surface area (Å²) in [4.78, 5) is 18.9. The van der Waals surface area contributed by atoms with Crippen molar-refractivity contribution in [1.82, 2.24) is 20.4 Å². The number of halogens is 1. The van der Waals surface area contributed by atoms with E-state index in [0.717, 1.165) is 24.0 Å². The fourth-order valence-electron chi connectivity index (χ4n) is 4.06. The Morgan fingerprint density at radius 3 is 2.67 bits per heavy atom. The van der Waals surface area contributed by atoms with Gasteiger partial charge in [-0.15, -0.1) is 12.4 Å². The van der Waals surface area contributed by atoms with E-state index in [1.807, 2.05) is 24.8 Å². The minimum Gasteiger partial charge on any atom is -0.490 e. The lowest BCUT2D eigenvalue weighted by atomic mass is 10.00. The molecule has 1 amide bonds. The second-order valence-corrected chi connectivity index (χ2v) is 8.68. The molecule has 1 aliphatic rings. The normalized spacial score (nSPS) is 12.9. The molecule has 0 bridgehead atoms. The van der Waals surface area contributed by atoms with E-state index in [1.165, 1.54) is 5.56 Å². The topological polar surface area (TPSA) is 125 Å². The Bertz CT molecular complexity index is 1240. The molecule has 1 aliphatic heterocycles. The number of fused-ring (bicyclic) bond motifs is 1. The van der Waals surface area contributed by atoms with E-state index in [-0.39, 0.29) is 37.6 Å². The highest BCUT2D eigenvalue weighted by Crippen LogP contribution is 2.29. The molecule has 0 spiro atoms. The molecule has 10 heteroatoms. The minimum absolute atomic E-state index is 0. The van der Waals surface area contributed by atoms with Gasteiger partial charge in [-0.25, -0.2) is 0 Å². The van der Waals surface area contributed by atoms with E-state index < -0.39 is 0 Å². The van der Waals surface area contributed by atoms with E-state index in [1.54, 1.807) is 18.2 Å². The maximum atomic E-state index is 12.4. The number of ether oxygens (including phenoxy) is 1. The molecule has 3 aromatic rings. The van der Waals surface area contributed by atoms with Crippen molar-refractivity contribution in [3.8, 4) is 34.7 Å². The molecule has 2 aromatic carbocycles. The monoisotopic (exact) mass is 511 g/mol. The highest BCUT2D eigenvalue weighted by Gasteiger charge is 2.20. The van der Waals surface area contributed by atoms with Gasteiger partial charge in [-0.2, -0.15) is 10.2 Å². The van der Waals surface area contributed by atoms with Gasteiger partial charge >= 0.3 is 0 Å². The van der Waals surface area contributed by atoms with E-state index in [9.17, 15) is 10.1 Å². The Kier molecular flexibility index (Phi) is 9.42. The van der Waals surface area contributed by atoms with Gasteiger partial charge in [-0.1, -0.05) is 17.3 Å². The van der Waals surface area contributed by atoms with Crippen molar-refractivity contribution in [2.75, 3.05) is 32.8 Å². The summed E-state index contributed by atoms with van der Waals surface area (Å²) in [5.41, 5.74) is 4.26.